The van der Waals surface area contributed by atoms with Crippen molar-refractivity contribution in [3.63, 3.8) is 0 Å². The molecule has 0 aromatic rings. The molecule has 0 spiro atoms. The van der Waals surface area contributed by atoms with E-state index in [4.69, 9.17) is 19.3 Å². The molecular weight excluding hydrogens is 244 g/mol. The minimum atomic E-state index is -1.68. The number of methoxy groups -OCH3 is 1. The van der Waals surface area contributed by atoms with E-state index in [-0.39, 0.29) is 5.57 Å². The highest BCUT2D eigenvalue weighted by Gasteiger charge is 2.55. The van der Waals surface area contributed by atoms with E-state index in [0.717, 1.165) is 0 Å². The molecule has 1 rings (SSSR count). The fraction of sp³-hybridized carbons (Fsp3) is 0.727. The third kappa shape index (κ3) is 2.70. The quantitative estimate of drug-likeness (QED) is 0.411. The Morgan fingerprint density at radius 3 is 2.50 bits per heavy atom. The monoisotopic (exact) mass is 262 g/mol. The van der Waals surface area contributed by atoms with Crippen LogP contribution in [-0.4, -0.2) is 65.7 Å². The van der Waals surface area contributed by atoms with Crippen molar-refractivity contribution in [2.24, 2.45) is 0 Å². The molecule has 1 saturated heterocycles. The Balaban J connectivity index is 2.75. The zero-order valence-corrected chi connectivity index (χ0v) is 10.3. The van der Waals surface area contributed by atoms with Gasteiger partial charge in [-0.2, -0.15) is 0 Å². The predicted octanol–water partition coefficient (Wildman–Crippen LogP) is -1.44. The van der Waals surface area contributed by atoms with Gasteiger partial charge in [0.15, 0.2) is 0 Å². The van der Waals surface area contributed by atoms with Crippen LogP contribution in [0.1, 0.15) is 6.92 Å². The molecule has 1 fully saturated rings. The number of esters is 1. The van der Waals surface area contributed by atoms with Crippen LogP contribution in [0.3, 0.4) is 0 Å². The van der Waals surface area contributed by atoms with E-state index in [1.165, 1.54) is 14.0 Å². The van der Waals surface area contributed by atoms with Crippen LogP contribution >= 0.6 is 0 Å². The Morgan fingerprint density at radius 1 is 1.50 bits per heavy atom. The number of aliphatic hydroxyl groups excluding tert-OH is 3. The number of carbonyl (C=O) groups excluding carboxylic acids is 1. The molecule has 0 radical (unpaired) electrons. The Morgan fingerprint density at radius 2 is 2.11 bits per heavy atom. The molecule has 0 unspecified atom stereocenters. The smallest absolute Gasteiger partial charge is 0.333 e. The molecule has 0 aromatic heterocycles. The number of aliphatic hydroxyl groups is 3. The number of rotatable bonds is 5. The summed E-state index contributed by atoms with van der Waals surface area (Å²) >= 11 is 0. The van der Waals surface area contributed by atoms with Crippen molar-refractivity contribution in [3.05, 3.63) is 12.2 Å². The summed E-state index contributed by atoms with van der Waals surface area (Å²) in [6, 6.07) is 0. The van der Waals surface area contributed by atoms with Crippen LogP contribution in [0.25, 0.3) is 0 Å². The molecule has 104 valence electrons. The van der Waals surface area contributed by atoms with Gasteiger partial charge < -0.3 is 29.5 Å². The summed E-state index contributed by atoms with van der Waals surface area (Å²) < 4.78 is 15.1. The normalized spacial score (nSPS) is 35.5. The average molecular weight is 262 g/mol. The van der Waals surface area contributed by atoms with Crippen molar-refractivity contribution >= 4 is 5.97 Å². The summed E-state index contributed by atoms with van der Waals surface area (Å²) in [6.07, 6.45) is -3.75. The number of hydrogen-bond acceptors (Lipinski definition) is 7. The molecule has 1 heterocycles. The van der Waals surface area contributed by atoms with E-state index in [1.807, 2.05) is 0 Å². The molecule has 0 saturated carbocycles. The zero-order chi connectivity index (χ0) is 13.9. The van der Waals surface area contributed by atoms with Gasteiger partial charge in [-0.3, -0.25) is 0 Å². The molecule has 1 aliphatic heterocycles. The Bertz CT molecular complexity index is 329. The highest BCUT2D eigenvalue weighted by Crippen LogP contribution is 2.32. The van der Waals surface area contributed by atoms with Gasteiger partial charge in [-0.05, 0) is 6.92 Å². The van der Waals surface area contributed by atoms with E-state index in [0.29, 0.717) is 0 Å². The Kier molecular flexibility index (Phi) is 4.83. The van der Waals surface area contributed by atoms with Crippen molar-refractivity contribution in [1.29, 1.82) is 0 Å². The predicted molar refractivity (Wildman–Crippen MR) is 59.5 cm³/mol. The van der Waals surface area contributed by atoms with Crippen LogP contribution in [0.15, 0.2) is 12.2 Å². The van der Waals surface area contributed by atoms with Crippen LogP contribution in [0, 0.1) is 0 Å². The van der Waals surface area contributed by atoms with Crippen LogP contribution in [0.2, 0.25) is 0 Å². The number of ether oxygens (including phenoxy) is 3. The second-order valence-corrected chi connectivity index (χ2v) is 4.15. The largest absolute Gasteiger partial charge is 0.456 e. The van der Waals surface area contributed by atoms with Crippen molar-refractivity contribution in [1.82, 2.24) is 0 Å². The standard InChI is InChI=1S/C11H18O7/c1-6(2)10(15)17-5-11(16-3)9(14)8(13)7(4-12)18-11/h7-9,12-14H,1,4-5H2,2-3H3/t7-,8-,9+,11-/m1/s1. The van der Waals surface area contributed by atoms with Crippen LogP contribution in [0.5, 0.6) is 0 Å². The molecule has 1 aliphatic rings. The van der Waals surface area contributed by atoms with Gasteiger partial charge in [0.1, 0.15) is 24.9 Å². The van der Waals surface area contributed by atoms with Crippen molar-refractivity contribution < 1.29 is 34.3 Å². The van der Waals surface area contributed by atoms with Gasteiger partial charge in [-0.25, -0.2) is 4.79 Å². The molecule has 7 heteroatoms. The first kappa shape index (κ1) is 15.1. The summed E-state index contributed by atoms with van der Waals surface area (Å²) in [4.78, 5) is 11.3. The first-order valence-electron chi connectivity index (χ1n) is 5.40. The van der Waals surface area contributed by atoms with Gasteiger partial charge in [-0.1, -0.05) is 6.58 Å². The molecule has 0 aliphatic carbocycles. The first-order valence-corrected chi connectivity index (χ1v) is 5.40. The number of carbonyl (C=O) groups is 1. The molecule has 0 aromatic carbocycles. The molecule has 0 amide bonds. The average Bonchev–Trinajstić information content (AvgIpc) is 2.60. The summed E-state index contributed by atoms with van der Waals surface area (Å²) in [5.41, 5.74) is 0.188. The molecule has 4 atom stereocenters. The van der Waals surface area contributed by atoms with E-state index >= 15 is 0 Å². The maximum absolute atomic E-state index is 11.3. The number of hydrogen-bond donors (Lipinski definition) is 3. The van der Waals surface area contributed by atoms with Crippen molar-refractivity contribution in [3.8, 4) is 0 Å². The van der Waals surface area contributed by atoms with Gasteiger partial charge >= 0.3 is 5.97 Å². The minimum Gasteiger partial charge on any atom is -0.456 e. The van der Waals surface area contributed by atoms with Gasteiger partial charge in [0.25, 0.3) is 0 Å². The topological polar surface area (TPSA) is 105 Å². The lowest BCUT2D eigenvalue weighted by atomic mass is 10.1. The van der Waals surface area contributed by atoms with Crippen molar-refractivity contribution in [2.45, 2.75) is 31.0 Å². The summed E-state index contributed by atoms with van der Waals surface area (Å²) in [7, 11) is 1.24. The van der Waals surface area contributed by atoms with Gasteiger partial charge in [0.05, 0.1) is 6.61 Å². The lowest BCUT2D eigenvalue weighted by Crippen LogP contribution is -2.49. The molecule has 3 N–H and O–H groups in total. The summed E-state index contributed by atoms with van der Waals surface area (Å²) in [6.45, 7) is 3.98. The Hall–Kier alpha value is -0.990. The van der Waals surface area contributed by atoms with Crippen LogP contribution in [-0.2, 0) is 19.0 Å². The summed E-state index contributed by atoms with van der Waals surface area (Å²) in [5.74, 6) is -2.35. The van der Waals surface area contributed by atoms with E-state index in [9.17, 15) is 15.0 Å². The maximum Gasteiger partial charge on any atom is 0.333 e. The molecule has 7 nitrogen and oxygen atoms in total. The lowest BCUT2D eigenvalue weighted by molar-refractivity contribution is -0.266. The molecule has 0 bridgehead atoms. The van der Waals surface area contributed by atoms with Crippen LogP contribution < -0.4 is 0 Å². The third-order valence-corrected chi connectivity index (χ3v) is 2.78. The van der Waals surface area contributed by atoms with Crippen molar-refractivity contribution in [2.75, 3.05) is 20.3 Å². The highest BCUT2D eigenvalue weighted by molar-refractivity contribution is 5.86. The van der Waals surface area contributed by atoms with E-state index in [1.54, 1.807) is 0 Å². The molecule has 18 heavy (non-hydrogen) atoms. The second kappa shape index (κ2) is 5.77. The third-order valence-electron chi connectivity index (χ3n) is 2.78. The fourth-order valence-electron chi connectivity index (χ4n) is 1.64. The van der Waals surface area contributed by atoms with Gasteiger partial charge in [0.2, 0.25) is 5.79 Å². The summed E-state index contributed by atoms with van der Waals surface area (Å²) in [5, 5.41) is 28.4. The highest BCUT2D eigenvalue weighted by atomic mass is 16.7. The molecular formula is C11H18O7. The Labute approximate surface area is 105 Å². The fourth-order valence-corrected chi connectivity index (χ4v) is 1.64. The van der Waals surface area contributed by atoms with E-state index < -0.39 is 43.3 Å². The SMILES string of the molecule is C=C(C)C(=O)OC[C@@]1(OC)O[C@H](CO)[C@@H](O)[C@@H]1O. The minimum absolute atomic E-state index is 0.188. The lowest BCUT2D eigenvalue weighted by Gasteiger charge is -2.29. The maximum atomic E-state index is 11.3. The van der Waals surface area contributed by atoms with Crippen LogP contribution in [0.4, 0.5) is 0 Å². The first-order chi connectivity index (χ1) is 8.38. The second-order valence-electron chi connectivity index (χ2n) is 4.15. The van der Waals surface area contributed by atoms with Gasteiger partial charge in [-0.15, -0.1) is 0 Å². The van der Waals surface area contributed by atoms with E-state index in [2.05, 4.69) is 6.58 Å². The zero-order valence-electron chi connectivity index (χ0n) is 10.3. The van der Waals surface area contributed by atoms with Gasteiger partial charge in [0, 0.05) is 12.7 Å².